The van der Waals surface area contributed by atoms with Crippen LogP contribution in [-0.2, 0) is 24.4 Å². The number of hydrogen-bond acceptors (Lipinski definition) is 6. The minimum Gasteiger partial charge on any atom is -0.486 e. The lowest BCUT2D eigenvalue weighted by Crippen LogP contribution is -2.28. The molecule has 0 atom stereocenters. The molecule has 0 aliphatic rings. The first kappa shape index (κ1) is 18.4. The third-order valence-corrected chi connectivity index (χ3v) is 4.73. The highest BCUT2D eigenvalue weighted by Gasteiger charge is 2.14. The van der Waals surface area contributed by atoms with Crippen LogP contribution in [0.1, 0.15) is 22.2 Å². The number of hydrogen-bond donors (Lipinski definition) is 0. The van der Waals surface area contributed by atoms with Crippen molar-refractivity contribution in [3.8, 4) is 5.75 Å². The van der Waals surface area contributed by atoms with Crippen LogP contribution >= 0.6 is 22.9 Å². The Morgan fingerprint density at radius 2 is 2.08 bits per heavy atom. The maximum Gasteiger partial charge on any atom is 0.228 e. The Hall–Kier alpha value is -2.38. The van der Waals surface area contributed by atoms with Gasteiger partial charge in [-0.05, 0) is 31.2 Å². The average Bonchev–Trinajstić information content (AvgIpc) is 3.23. The lowest BCUT2D eigenvalue weighted by Gasteiger charge is -2.14. The molecular weight excluding hydrogens is 374 g/mol. The Balaban J connectivity index is 1.50. The highest BCUT2D eigenvalue weighted by molar-refractivity contribution is 7.09. The van der Waals surface area contributed by atoms with E-state index in [2.05, 4.69) is 10.1 Å². The number of ether oxygens (including phenoxy) is 1. The Morgan fingerprint density at radius 1 is 1.31 bits per heavy atom. The number of carbonyl (C=O) groups is 1. The number of aromatic nitrogens is 2. The van der Waals surface area contributed by atoms with Gasteiger partial charge in [0.25, 0.3) is 0 Å². The van der Waals surface area contributed by atoms with Crippen molar-refractivity contribution < 1.29 is 14.1 Å². The Labute approximate surface area is 160 Å². The zero-order valence-corrected chi connectivity index (χ0v) is 16.0. The number of carbonyl (C=O) groups excluding carboxylic acids is 1. The number of benzene rings is 1. The molecule has 8 heteroatoms. The number of halogens is 1. The first-order valence-electron chi connectivity index (χ1n) is 7.97. The van der Waals surface area contributed by atoms with E-state index < -0.39 is 0 Å². The van der Waals surface area contributed by atoms with Crippen LogP contribution < -0.4 is 4.74 Å². The van der Waals surface area contributed by atoms with E-state index in [0.717, 1.165) is 27.9 Å². The zero-order chi connectivity index (χ0) is 18.5. The number of likely N-dealkylation sites (N-methyl/N-ethyl adjacent to an activating group) is 1. The average molecular weight is 392 g/mol. The molecule has 2 heterocycles. The topological polar surface area (TPSA) is 68.5 Å². The van der Waals surface area contributed by atoms with Gasteiger partial charge in [0, 0.05) is 23.5 Å². The first-order valence-corrected chi connectivity index (χ1v) is 9.23. The molecule has 1 amide bonds. The van der Waals surface area contributed by atoms with Gasteiger partial charge >= 0.3 is 0 Å². The third kappa shape index (κ3) is 5.06. The van der Waals surface area contributed by atoms with Crippen LogP contribution in [0.15, 0.2) is 40.2 Å². The monoisotopic (exact) mass is 391 g/mol. The molecule has 2 aromatic heterocycles. The number of rotatable bonds is 7. The van der Waals surface area contributed by atoms with Crippen molar-refractivity contribution in [2.24, 2.45) is 0 Å². The van der Waals surface area contributed by atoms with Crippen LogP contribution in [-0.4, -0.2) is 28.0 Å². The normalized spacial score (nSPS) is 10.7. The maximum atomic E-state index is 12.3. The standard InChI is InChI=1S/C18H18ClN3O3S/c1-12-7-14(21-25-12)9-22(2)18(23)8-15-11-26-17(20-15)10-24-16-5-3-13(19)4-6-16/h3-7,11H,8-10H2,1-2H3. The summed E-state index contributed by atoms with van der Waals surface area (Å²) in [6.45, 7) is 2.59. The largest absolute Gasteiger partial charge is 0.486 e. The molecule has 26 heavy (non-hydrogen) atoms. The van der Waals surface area contributed by atoms with Gasteiger partial charge in [-0.25, -0.2) is 4.98 Å². The first-order chi connectivity index (χ1) is 12.5. The summed E-state index contributed by atoms with van der Waals surface area (Å²) in [6.07, 6.45) is 0.241. The van der Waals surface area contributed by atoms with Crippen molar-refractivity contribution >= 4 is 28.8 Å². The van der Waals surface area contributed by atoms with Crippen molar-refractivity contribution in [2.45, 2.75) is 26.5 Å². The van der Waals surface area contributed by atoms with Gasteiger partial charge in [0.05, 0.1) is 18.7 Å². The summed E-state index contributed by atoms with van der Waals surface area (Å²) < 4.78 is 10.7. The van der Waals surface area contributed by atoms with Gasteiger partial charge in [0.1, 0.15) is 28.8 Å². The number of aryl methyl sites for hydroxylation is 1. The lowest BCUT2D eigenvalue weighted by atomic mass is 10.3. The molecule has 1 aromatic carbocycles. The van der Waals surface area contributed by atoms with Gasteiger partial charge in [-0.1, -0.05) is 16.8 Å². The van der Waals surface area contributed by atoms with Gasteiger partial charge in [0.15, 0.2) is 0 Å². The summed E-state index contributed by atoms with van der Waals surface area (Å²) in [5.41, 5.74) is 1.46. The summed E-state index contributed by atoms with van der Waals surface area (Å²) in [6, 6.07) is 8.98. The van der Waals surface area contributed by atoms with E-state index in [1.54, 1.807) is 36.2 Å². The van der Waals surface area contributed by atoms with Crippen molar-refractivity contribution in [3.63, 3.8) is 0 Å². The quantitative estimate of drug-likeness (QED) is 0.611. The molecule has 6 nitrogen and oxygen atoms in total. The van der Waals surface area contributed by atoms with Crippen molar-refractivity contribution in [1.29, 1.82) is 0 Å². The van der Waals surface area contributed by atoms with Gasteiger partial charge in [0.2, 0.25) is 5.91 Å². The van der Waals surface area contributed by atoms with Crippen LogP contribution in [0.2, 0.25) is 5.02 Å². The number of thiazole rings is 1. The Bertz CT molecular complexity index is 876. The summed E-state index contributed by atoms with van der Waals surface area (Å²) >= 11 is 7.32. The van der Waals surface area contributed by atoms with Crippen LogP contribution in [0.3, 0.4) is 0 Å². The SMILES string of the molecule is Cc1cc(CN(C)C(=O)Cc2csc(COc3ccc(Cl)cc3)n2)no1. The molecule has 0 N–H and O–H groups in total. The molecule has 0 unspecified atom stereocenters. The number of amides is 1. The minimum atomic E-state index is -0.0267. The fourth-order valence-corrected chi connectivity index (χ4v) is 3.12. The molecule has 0 saturated heterocycles. The number of nitrogens with zero attached hydrogens (tertiary/aromatic N) is 3. The maximum absolute atomic E-state index is 12.3. The predicted octanol–water partition coefficient (Wildman–Crippen LogP) is 3.87. The molecule has 0 saturated carbocycles. The molecule has 0 aliphatic heterocycles. The molecular formula is C18H18ClN3O3S. The van der Waals surface area contributed by atoms with Crippen molar-refractivity contribution in [2.75, 3.05) is 7.05 Å². The summed E-state index contributed by atoms with van der Waals surface area (Å²) in [4.78, 5) is 18.4. The van der Waals surface area contributed by atoms with E-state index in [0.29, 0.717) is 18.2 Å². The van der Waals surface area contributed by atoms with Gasteiger partial charge in [-0.15, -0.1) is 11.3 Å². The fraction of sp³-hybridized carbons (Fsp3) is 0.278. The zero-order valence-electron chi connectivity index (χ0n) is 14.4. The van der Waals surface area contributed by atoms with E-state index in [1.807, 2.05) is 18.4 Å². The van der Waals surface area contributed by atoms with Gasteiger partial charge < -0.3 is 14.2 Å². The van der Waals surface area contributed by atoms with E-state index in [9.17, 15) is 4.79 Å². The second-order valence-electron chi connectivity index (χ2n) is 5.83. The molecule has 136 valence electrons. The molecule has 0 fully saturated rings. The molecule has 0 aliphatic carbocycles. The second-order valence-corrected chi connectivity index (χ2v) is 7.21. The van der Waals surface area contributed by atoms with Crippen LogP contribution in [0.25, 0.3) is 0 Å². The van der Waals surface area contributed by atoms with Gasteiger partial charge in [-0.3, -0.25) is 4.79 Å². The van der Waals surface area contributed by atoms with Crippen molar-refractivity contribution in [3.05, 3.63) is 62.9 Å². The van der Waals surface area contributed by atoms with E-state index >= 15 is 0 Å². The molecule has 3 rings (SSSR count). The third-order valence-electron chi connectivity index (χ3n) is 3.61. The highest BCUT2D eigenvalue weighted by atomic mass is 35.5. The molecule has 0 bridgehead atoms. The summed E-state index contributed by atoms with van der Waals surface area (Å²) in [7, 11) is 1.74. The highest BCUT2D eigenvalue weighted by Crippen LogP contribution is 2.18. The Morgan fingerprint density at radius 3 is 2.77 bits per heavy atom. The van der Waals surface area contributed by atoms with Crippen LogP contribution in [0.4, 0.5) is 0 Å². The Kier molecular flexibility index (Phi) is 5.90. The van der Waals surface area contributed by atoms with Crippen molar-refractivity contribution in [1.82, 2.24) is 15.0 Å². The second kappa shape index (κ2) is 8.33. The van der Waals surface area contributed by atoms with Crippen LogP contribution in [0, 0.1) is 6.92 Å². The van der Waals surface area contributed by atoms with E-state index in [4.69, 9.17) is 20.9 Å². The molecule has 0 spiro atoms. The predicted molar refractivity (Wildman–Crippen MR) is 99.3 cm³/mol. The van der Waals surface area contributed by atoms with Crippen LogP contribution in [0.5, 0.6) is 5.75 Å². The molecule has 3 aromatic rings. The fourth-order valence-electron chi connectivity index (χ4n) is 2.29. The minimum absolute atomic E-state index is 0.0267. The summed E-state index contributed by atoms with van der Waals surface area (Å²) in [5, 5.41) is 7.26. The lowest BCUT2D eigenvalue weighted by molar-refractivity contribution is -0.129. The van der Waals surface area contributed by atoms with Gasteiger partial charge in [-0.2, -0.15) is 0 Å². The molecule has 0 radical (unpaired) electrons. The smallest absolute Gasteiger partial charge is 0.228 e. The van der Waals surface area contributed by atoms with E-state index in [1.165, 1.54) is 11.3 Å². The van der Waals surface area contributed by atoms with E-state index in [-0.39, 0.29) is 12.3 Å². The summed E-state index contributed by atoms with van der Waals surface area (Å²) in [5.74, 6) is 1.43.